The van der Waals surface area contributed by atoms with Crippen molar-refractivity contribution in [3.8, 4) is 11.5 Å². The highest BCUT2D eigenvalue weighted by molar-refractivity contribution is 14.0. The molecule has 0 spiro atoms. The summed E-state index contributed by atoms with van der Waals surface area (Å²) in [5.74, 6) is 1.62. The van der Waals surface area contributed by atoms with Crippen LogP contribution in [0.15, 0.2) is 53.5 Å². The predicted molar refractivity (Wildman–Crippen MR) is 121 cm³/mol. The molecule has 2 rings (SSSR count). The van der Waals surface area contributed by atoms with Gasteiger partial charge in [0.05, 0.1) is 13.7 Å². The summed E-state index contributed by atoms with van der Waals surface area (Å²) in [5, 5.41) is 6.53. The normalized spacial score (nSPS) is 10.6. The van der Waals surface area contributed by atoms with Crippen molar-refractivity contribution in [1.82, 2.24) is 10.6 Å². The van der Waals surface area contributed by atoms with Gasteiger partial charge in [-0.3, -0.25) is 4.79 Å². The van der Waals surface area contributed by atoms with Crippen LogP contribution in [-0.4, -0.2) is 32.1 Å². The topological polar surface area (TPSA) is 98.0 Å². The highest BCUT2D eigenvalue weighted by atomic mass is 127. The van der Waals surface area contributed by atoms with Crippen LogP contribution in [0, 0.1) is 0 Å². The van der Waals surface area contributed by atoms with E-state index < -0.39 is 5.91 Å². The number of halogens is 1. The Labute approximate surface area is 182 Å². The van der Waals surface area contributed by atoms with E-state index in [1.54, 1.807) is 13.2 Å². The molecule has 8 heteroatoms. The van der Waals surface area contributed by atoms with Crippen LogP contribution in [0.2, 0.25) is 0 Å². The largest absolute Gasteiger partial charge is 0.497 e. The number of aliphatic imine (C=N–C) groups is 1. The molecule has 0 aliphatic rings. The van der Waals surface area contributed by atoms with E-state index in [0.717, 1.165) is 23.4 Å². The van der Waals surface area contributed by atoms with E-state index in [1.165, 1.54) is 0 Å². The summed E-state index contributed by atoms with van der Waals surface area (Å²) in [6.07, 6.45) is 0. The van der Waals surface area contributed by atoms with E-state index in [4.69, 9.17) is 15.2 Å². The predicted octanol–water partition coefficient (Wildman–Crippen LogP) is 2.43. The van der Waals surface area contributed by atoms with Gasteiger partial charge in [-0.25, -0.2) is 4.99 Å². The molecule has 0 aromatic heterocycles. The third-order valence-electron chi connectivity index (χ3n) is 3.64. The average Bonchev–Trinajstić information content (AvgIpc) is 2.69. The lowest BCUT2D eigenvalue weighted by molar-refractivity contribution is -0.119. The minimum absolute atomic E-state index is 0. The third kappa shape index (κ3) is 8.47. The van der Waals surface area contributed by atoms with Gasteiger partial charge in [0.25, 0.3) is 5.91 Å². The zero-order valence-electron chi connectivity index (χ0n) is 16.1. The average molecular weight is 498 g/mol. The van der Waals surface area contributed by atoms with Gasteiger partial charge >= 0.3 is 0 Å². The molecule has 1 amide bonds. The number of nitrogens with zero attached hydrogens (tertiary/aromatic N) is 1. The smallest absolute Gasteiger partial charge is 0.255 e. The van der Waals surface area contributed by atoms with E-state index in [9.17, 15) is 4.79 Å². The quantitative estimate of drug-likeness (QED) is 0.280. The maximum Gasteiger partial charge on any atom is 0.255 e. The number of amides is 1. The van der Waals surface area contributed by atoms with E-state index in [1.807, 2.05) is 49.4 Å². The number of carbonyl (C=O) groups excluding carboxylic acids is 1. The number of carbonyl (C=O) groups is 1. The summed E-state index contributed by atoms with van der Waals surface area (Å²) in [6.45, 7) is 3.73. The fraction of sp³-hybridized carbons (Fsp3) is 0.300. The first kappa shape index (κ1) is 23.5. The number of ether oxygens (including phenoxy) is 2. The Hall–Kier alpha value is -2.49. The van der Waals surface area contributed by atoms with E-state index >= 15 is 0 Å². The first-order chi connectivity index (χ1) is 13.1. The van der Waals surface area contributed by atoms with Gasteiger partial charge in [-0.05, 0) is 42.3 Å². The monoisotopic (exact) mass is 498 g/mol. The Bertz CT molecular complexity index is 784. The van der Waals surface area contributed by atoms with Gasteiger partial charge in [-0.15, -0.1) is 24.0 Å². The number of guanidine groups is 1. The number of nitrogens with one attached hydrogen (secondary N) is 2. The first-order valence-electron chi connectivity index (χ1n) is 8.76. The van der Waals surface area contributed by atoms with Crippen molar-refractivity contribution in [3.05, 3.63) is 59.7 Å². The summed E-state index contributed by atoms with van der Waals surface area (Å²) in [7, 11) is 1.65. The van der Waals surface area contributed by atoms with Crippen LogP contribution in [0.3, 0.4) is 0 Å². The van der Waals surface area contributed by atoms with Crippen molar-refractivity contribution in [2.24, 2.45) is 10.7 Å². The molecule has 0 aliphatic carbocycles. The van der Waals surface area contributed by atoms with E-state index in [-0.39, 0.29) is 30.6 Å². The second-order valence-corrected chi connectivity index (χ2v) is 5.80. The van der Waals surface area contributed by atoms with Crippen molar-refractivity contribution in [2.45, 2.75) is 20.0 Å². The molecule has 0 bridgehead atoms. The number of rotatable bonds is 9. The molecular formula is C20H27IN4O3. The van der Waals surface area contributed by atoms with Crippen molar-refractivity contribution >= 4 is 35.8 Å². The van der Waals surface area contributed by atoms with Gasteiger partial charge in [0.1, 0.15) is 11.5 Å². The van der Waals surface area contributed by atoms with Crippen LogP contribution < -0.4 is 25.8 Å². The molecule has 4 N–H and O–H groups in total. The van der Waals surface area contributed by atoms with Crippen LogP contribution in [0.1, 0.15) is 18.1 Å². The molecule has 0 saturated carbocycles. The van der Waals surface area contributed by atoms with Crippen molar-refractivity contribution in [1.29, 1.82) is 0 Å². The Morgan fingerprint density at radius 3 is 2.43 bits per heavy atom. The summed E-state index contributed by atoms with van der Waals surface area (Å²) < 4.78 is 10.6. The van der Waals surface area contributed by atoms with Crippen LogP contribution in [0.4, 0.5) is 0 Å². The SMILES string of the molecule is CCNC(=NCc1cccc(OCC(N)=O)c1)NCc1cccc(OC)c1.I. The zero-order chi connectivity index (χ0) is 19.5. The second kappa shape index (κ2) is 12.8. The van der Waals surface area contributed by atoms with Gasteiger partial charge in [0, 0.05) is 13.1 Å². The molecule has 2 aromatic carbocycles. The number of benzene rings is 2. The molecule has 0 unspecified atom stereocenters. The molecule has 0 aliphatic heterocycles. The maximum absolute atomic E-state index is 10.8. The lowest BCUT2D eigenvalue weighted by Gasteiger charge is -2.12. The third-order valence-corrected chi connectivity index (χ3v) is 3.64. The summed E-state index contributed by atoms with van der Waals surface area (Å²) >= 11 is 0. The standard InChI is InChI=1S/C20H26N4O3.HI/c1-3-22-20(23-12-15-6-4-8-17(10-15)26-2)24-13-16-7-5-9-18(11-16)27-14-19(21)25;/h4-11H,3,12-14H2,1-2H3,(H2,21,25)(H2,22,23,24);1H. The highest BCUT2D eigenvalue weighted by Crippen LogP contribution is 2.14. The number of nitrogens with two attached hydrogens (primary N) is 1. The molecule has 0 atom stereocenters. The van der Waals surface area contributed by atoms with Crippen LogP contribution >= 0.6 is 24.0 Å². The minimum atomic E-state index is -0.505. The number of hydrogen-bond donors (Lipinski definition) is 3. The van der Waals surface area contributed by atoms with Crippen LogP contribution in [0.25, 0.3) is 0 Å². The Balaban J connectivity index is 0.00000392. The number of methoxy groups -OCH3 is 1. The molecule has 28 heavy (non-hydrogen) atoms. The van der Waals surface area contributed by atoms with Gasteiger partial charge < -0.3 is 25.8 Å². The molecule has 2 aromatic rings. The molecule has 0 fully saturated rings. The second-order valence-electron chi connectivity index (χ2n) is 5.80. The summed E-state index contributed by atoms with van der Waals surface area (Å²) in [4.78, 5) is 15.4. The molecule has 152 valence electrons. The molecule has 0 radical (unpaired) electrons. The highest BCUT2D eigenvalue weighted by Gasteiger charge is 2.02. The van der Waals surface area contributed by atoms with Gasteiger partial charge in [0.15, 0.2) is 12.6 Å². The van der Waals surface area contributed by atoms with Crippen molar-refractivity contribution in [3.63, 3.8) is 0 Å². The fourth-order valence-electron chi connectivity index (χ4n) is 2.37. The van der Waals surface area contributed by atoms with Gasteiger partial charge in [0.2, 0.25) is 0 Å². The van der Waals surface area contributed by atoms with Gasteiger partial charge in [-0.2, -0.15) is 0 Å². The Kier molecular flexibility index (Phi) is 10.8. The summed E-state index contributed by atoms with van der Waals surface area (Å²) in [6, 6.07) is 15.3. The van der Waals surface area contributed by atoms with Crippen molar-refractivity contribution < 1.29 is 14.3 Å². The Morgan fingerprint density at radius 1 is 1.07 bits per heavy atom. The Morgan fingerprint density at radius 2 is 1.75 bits per heavy atom. The first-order valence-corrected chi connectivity index (χ1v) is 8.76. The molecule has 0 heterocycles. The van der Waals surface area contributed by atoms with E-state index in [2.05, 4.69) is 15.6 Å². The van der Waals surface area contributed by atoms with Crippen molar-refractivity contribution in [2.75, 3.05) is 20.3 Å². The van der Waals surface area contributed by atoms with Crippen LogP contribution in [0.5, 0.6) is 11.5 Å². The lowest BCUT2D eigenvalue weighted by atomic mass is 10.2. The van der Waals surface area contributed by atoms with E-state index in [0.29, 0.717) is 24.8 Å². The summed E-state index contributed by atoms with van der Waals surface area (Å²) in [5.41, 5.74) is 7.17. The van der Waals surface area contributed by atoms with Crippen LogP contribution in [-0.2, 0) is 17.9 Å². The number of hydrogen-bond acceptors (Lipinski definition) is 4. The zero-order valence-corrected chi connectivity index (χ0v) is 18.4. The molecule has 0 saturated heterocycles. The minimum Gasteiger partial charge on any atom is -0.497 e. The lowest BCUT2D eigenvalue weighted by Crippen LogP contribution is -2.36. The fourth-order valence-corrected chi connectivity index (χ4v) is 2.37. The molecular weight excluding hydrogens is 471 g/mol. The number of primary amides is 1. The van der Waals surface area contributed by atoms with Gasteiger partial charge in [-0.1, -0.05) is 24.3 Å². The maximum atomic E-state index is 10.8. The molecule has 7 nitrogen and oxygen atoms in total.